The van der Waals surface area contributed by atoms with Gasteiger partial charge in [0.15, 0.2) is 5.78 Å². The fourth-order valence-electron chi connectivity index (χ4n) is 4.34. The first-order valence-corrected chi connectivity index (χ1v) is 8.12. The van der Waals surface area contributed by atoms with Crippen molar-refractivity contribution in [1.82, 2.24) is 0 Å². The summed E-state index contributed by atoms with van der Waals surface area (Å²) in [4.78, 5) is 24.5. The van der Waals surface area contributed by atoms with Gasteiger partial charge < -0.3 is 9.47 Å². The lowest BCUT2D eigenvalue weighted by molar-refractivity contribution is -0.146. The molecule has 4 rings (SSSR count). The molecule has 0 saturated heterocycles. The fourth-order valence-corrected chi connectivity index (χ4v) is 4.52. The predicted octanol–water partition coefficient (Wildman–Crippen LogP) is 3.26. The first-order valence-electron chi connectivity index (χ1n) is 7.74. The summed E-state index contributed by atoms with van der Waals surface area (Å²) in [6, 6.07) is 5.15. The quantitative estimate of drug-likeness (QED) is 0.785. The van der Waals surface area contributed by atoms with Gasteiger partial charge >= 0.3 is 5.97 Å². The maximum atomic E-state index is 12.5. The second kappa shape index (κ2) is 4.72. The normalized spacial score (nSPS) is 34.8. The van der Waals surface area contributed by atoms with Gasteiger partial charge in [0.2, 0.25) is 0 Å². The van der Waals surface area contributed by atoms with Crippen LogP contribution in [0.1, 0.15) is 36.5 Å². The van der Waals surface area contributed by atoms with Crippen LogP contribution < -0.4 is 4.74 Å². The fraction of sp³-hybridized carbons (Fsp3) is 0.529. The molecule has 1 heterocycles. The lowest BCUT2D eigenvalue weighted by Crippen LogP contribution is -2.43. The number of halogens is 1. The average molecular weight is 321 g/mol. The maximum Gasteiger partial charge on any atom is 0.309 e. The van der Waals surface area contributed by atoms with Gasteiger partial charge in [-0.3, -0.25) is 9.59 Å². The van der Waals surface area contributed by atoms with Crippen LogP contribution >= 0.6 is 11.6 Å². The topological polar surface area (TPSA) is 52.6 Å². The molecule has 0 bridgehead atoms. The monoisotopic (exact) mass is 320 g/mol. The summed E-state index contributed by atoms with van der Waals surface area (Å²) in [7, 11) is 0. The van der Waals surface area contributed by atoms with Gasteiger partial charge in [0.05, 0.1) is 24.5 Å². The zero-order valence-corrected chi connectivity index (χ0v) is 13.1. The van der Waals surface area contributed by atoms with E-state index < -0.39 is 5.60 Å². The van der Waals surface area contributed by atoms with E-state index in [-0.39, 0.29) is 23.6 Å². The molecule has 1 aromatic carbocycles. The highest BCUT2D eigenvalue weighted by Gasteiger charge is 2.71. The lowest BCUT2D eigenvalue weighted by atomic mass is 9.84. The molecule has 0 N–H and O–H groups in total. The van der Waals surface area contributed by atoms with Gasteiger partial charge in [0.1, 0.15) is 11.4 Å². The van der Waals surface area contributed by atoms with Gasteiger partial charge in [-0.1, -0.05) is 11.6 Å². The minimum Gasteiger partial charge on any atom is -0.486 e. The van der Waals surface area contributed by atoms with Crippen LogP contribution in [0.25, 0.3) is 0 Å². The summed E-state index contributed by atoms with van der Waals surface area (Å²) in [5.74, 6) is 0.819. The van der Waals surface area contributed by atoms with Gasteiger partial charge in [0.25, 0.3) is 0 Å². The van der Waals surface area contributed by atoms with E-state index in [4.69, 9.17) is 21.1 Å². The van der Waals surface area contributed by atoms with Crippen LogP contribution in [0.15, 0.2) is 18.2 Å². The van der Waals surface area contributed by atoms with Crippen molar-refractivity contribution < 1.29 is 19.1 Å². The molecular formula is C17H17ClO4. The van der Waals surface area contributed by atoms with Gasteiger partial charge in [-0.2, -0.15) is 0 Å². The highest BCUT2D eigenvalue weighted by atomic mass is 35.5. The Morgan fingerprint density at radius 3 is 3.09 bits per heavy atom. The molecule has 5 heteroatoms. The third-order valence-corrected chi connectivity index (χ3v) is 5.49. The number of carbonyl (C=O) groups is 2. The number of fused-ring (bicyclic) bond motifs is 3. The lowest BCUT2D eigenvalue weighted by Gasteiger charge is -2.37. The third kappa shape index (κ3) is 1.89. The van der Waals surface area contributed by atoms with Crippen LogP contribution in [-0.2, 0) is 9.53 Å². The summed E-state index contributed by atoms with van der Waals surface area (Å²) < 4.78 is 11.4. The summed E-state index contributed by atoms with van der Waals surface area (Å²) in [5.41, 5.74) is 0.0231. The van der Waals surface area contributed by atoms with Crippen molar-refractivity contribution in [3.8, 4) is 5.75 Å². The van der Waals surface area contributed by atoms with E-state index in [0.29, 0.717) is 35.3 Å². The molecule has 0 amide bonds. The average Bonchev–Trinajstić information content (AvgIpc) is 3.13. The Morgan fingerprint density at radius 1 is 1.50 bits per heavy atom. The number of esters is 1. The van der Waals surface area contributed by atoms with Gasteiger partial charge in [0, 0.05) is 10.9 Å². The molecule has 116 valence electrons. The van der Waals surface area contributed by atoms with E-state index >= 15 is 0 Å². The molecule has 2 fully saturated rings. The molecule has 22 heavy (non-hydrogen) atoms. The Hall–Kier alpha value is -1.55. The van der Waals surface area contributed by atoms with Crippen LogP contribution in [0.2, 0.25) is 5.02 Å². The van der Waals surface area contributed by atoms with E-state index in [0.717, 1.165) is 12.8 Å². The SMILES string of the molecule is CCOC(=O)C1C2CCC3(CC(=O)c4cc(Cl)ccc4O3)C21. The van der Waals surface area contributed by atoms with Crippen molar-refractivity contribution in [2.45, 2.75) is 31.8 Å². The van der Waals surface area contributed by atoms with E-state index in [2.05, 4.69) is 0 Å². The van der Waals surface area contributed by atoms with Crippen molar-refractivity contribution in [2.75, 3.05) is 6.61 Å². The van der Waals surface area contributed by atoms with Gasteiger partial charge in [-0.15, -0.1) is 0 Å². The minimum absolute atomic E-state index is 0.0545. The molecule has 2 saturated carbocycles. The summed E-state index contributed by atoms with van der Waals surface area (Å²) in [6.45, 7) is 2.20. The third-order valence-electron chi connectivity index (χ3n) is 5.25. The Morgan fingerprint density at radius 2 is 2.32 bits per heavy atom. The molecule has 3 aliphatic rings. The molecule has 0 aromatic heterocycles. The van der Waals surface area contributed by atoms with Gasteiger partial charge in [-0.05, 0) is 43.9 Å². The number of rotatable bonds is 2. The van der Waals surface area contributed by atoms with Crippen molar-refractivity contribution in [3.05, 3.63) is 28.8 Å². The van der Waals surface area contributed by atoms with Crippen LogP contribution in [0.5, 0.6) is 5.75 Å². The highest BCUT2D eigenvalue weighted by Crippen LogP contribution is 2.66. The minimum atomic E-state index is -0.528. The van der Waals surface area contributed by atoms with Crippen molar-refractivity contribution in [2.24, 2.45) is 17.8 Å². The summed E-state index contributed by atoms with van der Waals surface area (Å²) in [6.07, 6.45) is 2.08. The molecule has 1 spiro atoms. The Kier molecular flexibility index (Phi) is 3.02. The predicted molar refractivity (Wildman–Crippen MR) is 80.1 cm³/mol. The zero-order chi connectivity index (χ0) is 15.5. The van der Waals surface area contributed by atoms with E-state index in [1.807, 2.05) is 6.92 Å². The number of hydrogen-bond acceptors (Lipinski definition) is 4. The Labute approximate surface area is 133 Å². The Bertz CT molecular complexity index is 671. The number of Topliss-reactive ketones (excluding diaryl/α,β-unsaturated/α-hetero) is 1. The molecule has 4 unspecified atom stereocenters. The number of hydrogen-bond donors (Lipinski definition) is 0. The number of ketones is 1. The van der Waals surface area contributed by atoms with Crippen LogP contribution in [0.3, 0.4) is 0 Å². The van der Waals surface area contributed by atoms with Crippen LogP contribution in [0, 0.1) is 17.8 Å². The van der Waals surface area contributed by atoms with Crippen molar-refractivity contribution in [3.63, 3.8) is 0 Å². The molecule has 4 atom stereocenters. The van der Waals surface area contributed by atoms with Crippen molar-refractivity contribution in [1.29, 1.82) is 0 Å². The molecule has 1 aliphatic heterocycles. The maximum absolute atomic E-state index is 12.5. The summed E-state index contributed by atoms with van der Waals surface area (Å²) in [5, 5.41) is 0.534. The largest absolute Gasteiger partial charge is 0.486 e. The molecule has 0 radical (unpaired) electrons. The first kappa shape index (κ1) is 14.1. The number of ether oxygens (including phenoxy) is 2. The molecule has 4 nitrogen and oxygen atoms in total. The summed E-state index contributed by atoms with van der Waals surface area (Å²) >= 11 is 5.96. The number of benzene rings is 1. The van der Waals surface area contributed by atoms with Gasteiger partial charge in [-0.25, -0.2) is 0 Å². The second-order valence-electron chi connectivity index (χ2n) is 6.41. The first-order chi connectivity index (χ1) is 10.6. The van der Waals surface area contributed by atoms with Crippen LogP contribution in [-0.4, -0.2) is 24.0 Å². The van der Waals surface area contributed by atoms with Crippen molar-refractivity contribution >= 4 is 23.4 Å². The Balaban J connectivity index is 1.63. The highest BCUT2D eigenvalue weighted by molar-refractivity contribution is 6.31. The smallest absolute Gasteiger partial charge is 0.309 e. The molecular weight excluding hydrogens is 304 g/mol. The van der Waals surface area contributed by atoms with E-state index in [1.165, 1.54) is 0 Å². The van der Waals surface area contributed by atoms with E-state index in [1.54, 1.807) is 18.2 Å². The molecule has 1 aromatic rings. The van der Waals surface area contributed by atoms with Crippen LogP contribution in [0.4, 0.5) is 0 Å². The second-order valence-corrected chi connectivity index (χ2v) is 6.85. The molecule has 2 aliphatic carbocycles. The standard InChI is InChI=1S/C17H17ClO4/c1-2-21-16(20)14-10-5-6-17(15(10)14)8-12(19)11-7-9(18)3-4-13(11)22-17/h3-4,7,10,14-15H,2,5-6,8H2,1H3. The van der Waals surface area contributed by atoms with E-state index in [9.17, 15) is 9.59 Å². The zero-order valence-electron chi connectivity index (χ0n) is 12.3. The number of carbonyl (C=O) groups excluding carboxylic acids is 2.